The van der Waals surface area contributed by atoms with Gasteiger partial charge in [-0.3, -0.25) is 0 Å². The maximum atomic E-state index is 2.44. The number of anilines is 3. The lowest BCUT2D eigenvalue weighted by molar-refractivity contribution is 1.18. The van der Waals surface area contributed by atoms with E-state index in [-0.39, 0.29) is 0 Å². The van der Waals surface area contributed by atoms with Gasteiger partial charge >= 0.3 is 0 Å². The van der Waals surface area contributed by atoms with Gasteiger partial charge in [0.15, 0.2) is 0 Å². The quantitative estimate of drug-likeness (QED) is 0.141. The number of benzene rings is 10. The molecule has 0 N–H and O–H groups in total. The fraction of sp³-hybridized carbons (Fsp3) is 0. The predicted octanol–water partition coefficient (Wildman–Crippen LogP) is 16.6. The molecule has 0 aliphatic heterocycles. The normalized spacial score (nSPS) is 11.2. The van der Waals surface area contributed by atoms with Crippen molar-refractivity contribution in [3.05, 3.63) is 255 Å². The highest BCUT2D eigenvalue weighted by Gasteiger charge is 2.22. The first-order valence-corrected chi connectivity index (χ1v) is 21.3. The van der Waals surface area contributed by atoms with Gasteiger partial charge in [0, 0.05) is 33.3 Å². The molecule has 292 valence electrons. The molecule has 1 heterocycles. The fourth-order valence-electron chi connectivity index (χ4n) is 9.09. The number of aromatic nitrogens is 1. The molecule has 0 aliphatic rings. The second-order valence-corrected chi connectivity index (χ2v) is 15.7. The van der Waals surface area contributed by atoms with Crippen molar-refractivity contribution in [2.45, 2.75) is 0 Å². The average molecular weight is 791 g/mol. The van der Waals surface area contributed by atoms with Gasteiger partial charge in [0.1, 0.15) is 0 Å². The molecular formula is C60H42N2. The zero-order valence-corrected chi connectivity index (χ0v) is 34.1. The summed E-state index contributed by atoms with van der Waals surface area (Å²) in [5.74, 6) is 0. The fourth-order valence-corrected chi connectivity index (χ4v) is 9.09. The summed E-state index contributed by atoms with van der Waals surface area (Å²) in [4.78, 5) is 2.42. The lowest BCUT2D eigenvalue weighted by Gasteiger charge is -2.29. The van der Waals surface area contributed by atoms with Crippen molar-refractivity contribution in [1.82, 2.24) is 4.57 Å². The highest BCUT2D eigenvalue weighted by atomic mass is 15.1. The summed E-state index contributed by atoms with van der Waals surface area (Å²) < 4.78 is 2.44. The SMILES string of the molecule is c1ccc(-c2ccc(-c3cc(N(c4ccc(-c5ccccc5)cc4)c4ccccc4-c4ccccc4)ccc3-c3ccccc3-n3c4ccccc4c4ccccc43)cc2)cc1. The first kappa shape index (κ1) is 36.8. The molecule has 0 saturated carbocycles. The Bertz CT molecular complexity index is 3260. The summed E-state index contributed by atoms with van der Waals surface area (Å²) in [6.45, 7) is 0. The van der Waals surface area contributed by atoms with Crippen LogP contribution in [0.25, 0.3) is 83.1 Å². The average Bonchev–Trinajstić information content (AvgIpc) is 3.69. The minimum atomic E-state index is 1.07. The van der Waals surface area contributed by atoms with Gasteiger partial charge in [0.25, 0.3) is 0 Å². The minimum absolute atomic E-state index is 1.07. The van der Waals surface area contributed by atoms with Crippen molar-refractivity contribution in [3.63, 3.8) is 0 Å². The summed E-state index contributed by atoms with van der Waals surface area (Å²) >= 11 is 0. The molecule has 11 rings (SSSR count). The Balaban J connectivity index is 1.14. The predicted molar refractivity (Wildman–Crippen MR) is 263 cm³/mol. The molecule has 0 aliphatic carbocycles. The zero-order chi connectivity index (χ0) is 41.2. The third-order valence-electron chi connectivity index (χ3n) is 12.0. The second-order valence-electron chi connectivity index (χ2n) is 15.7. The molecule has 0 atom stereocenters. The van der Waals surface area contributed by atoms with Crippen LogP contribution < -0.4 is 4.90 Å². The number of hydrogen-bond donors (Lipinski definition) is 0. The van der Waals surface area contributed by atoms with E-state index in [4.69, 9.17) is 0 Å². The monoisotopic (exact) mass is 790 g/mol. The van der Waals surface area contributed by atoms with Crippen LogP contribution in [0.2, 0.25) is 0 Å². The molecule has 11 aromatic rings. The van der Waals surface area contributed by atoms with E-state index in [1.54, 1.807) is 0 Å². The van der Waals surface area contributed by atoms with E-state index < -0.39 is 0 Å². The van der Waals surface area contributed by atoms with Gasteiger partial charge in [-0.15, -0.1) is 0 Å². The van der Waals surface area contributed by atoms with E-state index in [2.05, 4.69) is 264 Å². The first-order chi connectivity index (χ1) is 30.8. The summed E-state index contributed by atoms with van der Waals surface area (Å²) in [5.41, 5.74) is 18.5. The van der Waals surface area contributed by atoms with Gasteiger partial charge in [-0.1, -0.05) is 206 Å². The van der Waals surface area contributed by atoms with Crippen LogP contribution in [-0.4, -0.2) is 4.57 Å². The molecule has 0 saturated heterocycles. The molecule has 0 fully saturated rings. The van der Waals surface area contributed by atoms with Crippen LogP contribution in [0.4, 0.5) is 17.1 Å². The van der Waals surface area contributed by atoms with Crippen LogP contribution in [0.5, 0.6) is 0 Å². The highest BCUT2D eigenvalue weighted by Crippen LogP contribution is 2.46. The van der Waals surface area contributed by atoms with Crippen molar-refractivity contribution < 1.29 is 0 Å². The van der Waals surface area contributed by atoms with Crippen LogP contribution in [0.15, 0.2) is 255 Å². The Hall–Kier alpha value is -8.20. The van der Waals surface area contributed by atoms with Crippen LogP contribution in [-0.2, 0) is 0 Å². The third kappa shape index (κ3) is 6.74. The van der Waals surface area contributed by atoms with E-state index in [9.17, 15) is 0 Å². The second kappa shape index (κ2) is 16.1. The van der Waals surface area contributed by atoms with Gasteiger partial charge in [-0.2, -0.15) is 0 Å². The lowest BCUT2D eigenvalue weighted by atomic mass is 9.91. The van der Waals surface area contributed by atoms with E-state index in [1.807, 2.05) is 0 Å². The summed E-state index contributed by atoms with van der Waals surface area (Å²) in [6, 6.07) is 92.2. The van der Waals surface area contributed by atoms with Crippen LogP contribution in [0.1, 0.15) is 0 Å². The van der Waals surface area contributed by atoms with Crippen molar-refractivity contribution in [2.75, 3.05) is 4.90 Å². The smallest absolute Gasteiger partial charge is 0.0541 e. The largest absolute Gasteiger partial charge is 0.310 e. The molecule has 2 nitrogen and oxygen atoms in total. The lowest BCUT2D eigenvalue weighted by Crippen LogP contribution is -2.11. The molecule has 62 heavy (non-hydrogen) atoms. The molecule has 0 unspecified atom stereocenters. The Morgan fingerprint density at radius 3 is 1.29 bits per heavy atom. The highest BCUT2D eigenvalue weighted by molar-refractivity contribution is 6.10. The Morgan fingerprint density at radius 2 is 0.677 bits per heavy atom. The Morgan fingerprint density at radius 1 is 0.258 bits per heavy atom. The van der Waals surface area contributed by atoms with E-state index in [0.29, 0.717) is 0 Å². The Kier molecular flexibility index (Phi) is 9.57. The molecular weight excluding hydrogens is 749 g/mol. The molecule has 2 heteroatoms. The first-order valence-electron chi connectivity index (χ1n) is 21.3. The number of hydrogen-bond acceptors (Lipinski definition) is 1. The summed E-state index contributed by atoms with van der Waals surface area (Å²) in [7, 11) is 0. The van der Waals surface area contributed by atoms with Gasteiger partial charge in [0.05, 0.1) is 22.4 Å². The van der Waals surface area contributed by atoms with Crippen molar-refractivity contribution >= 4 is 38.9 Å². The molecule has 10 aromatic carbocycles. The molecule has 0 radical (unpaired) electrons. The number of fused-ring (bicyclic) bond motifs is 3. The maximum absolute atomic E-state index is 2.44. The van der Waals surface area contributed by atoms with Gasteiger partial charge in [0.2, 0.25) is 0 Å². The zero-order valence-electron chi connectivity index (χ0n) is 34.1. The van der Waals surface area contributed by atoms with Gasteiger partial charge in [-0.25, -0.2) is 0 Å². The van der Waals surface area contributed by atoms with Crippen LogP contribution in [0, 0.1) is 0 Å². The number of nitrogens with zero attached hydrogens (tertiary/aromatic N) is 2. The summed E-state index contributed by atoms with van der Waals surface area (Å²) in [6.07, 6.45) is 0. The number of rotatable bonds is 9. The van der Waals surface area contributed by atoms with Crippen molar-refractivity contribution in [3.8, 4) is 61.3 Å². The minimum Gasteiger partial charge on any atom is -0.310 e. The maximum Gasteiger partial charge on any atom is 0.0541 e. The molecule has 0 amide bonds. The van der Waals surface area contributed by atoms with Crippen LogP contribution in [0.3, 0.4) is 0 Å². The molecule has 0 spiro atoms. The van der Waals surface area contributed by atoms with Crippen molar-refractivity contribution in [1.29, 1.82) is 0 Å². The van der Waals surface area contributed by atoms with E-state index in [1.165, 1.54) is 49.6 Å². The number of para-hydroxylation sites is 4. The Labute approximate surface area is 362 Å². The van der Waals surface area contributed by atoms with Crippen LogP contribution >= 0.6 is 0 Å². The summed E-state index contributed by atoms with van der Waals surface area (Å²) in [5, 5.41) is 2.49. The third-order valence-corrected chi connectivity index (χ3v) is 12.0. The van der Waals surface area contributed by atoms with Gasteiger partial charge < -0.3 is 9.47 Å². The van der Waals surface area contributed by atoms with Gasteiger partial charge in [-0.05, 0) is 93.0 Å². The molecule has 0 bridgehead atoms. The van der Waals surface area contributed by atoms with E-state index >= 15 is 0 Å². The molecule has 1 aromatic heterocycles. The topological polar surface area (TPSA) is 8.17 Å². The van der Waals surface area contributed by atoms with E-state index in [0.717, 1.165) is 50.6 Å². The van der Waals surface area contributed by atoms with Crippen molar-refractivity contribution in [2.24, 2.45) is 0 Å². The standard InChI is InChI=1S/C60H42N2/c1-4-18-43(19-5-1)45-32-34-48(35-33-45)56-42-50(40-41-52(56)53-25-11-15-29-58(53)62-59-30-16-12-26-54(59)55-27-13-17-31-60(55)62)61(49-38-36-46(37-39-49)44-20-6-2-7-21-44)57-28-14-10-24-51(57)47-22-8-3-9-23-47/h1-42H.